The van der Waals surface area contributed by atoms with Crippen molar-refractivity contribution >= 4 is 11.0 Å². The number of imidazole rings is 1. The van der Waals surface area contributed by atoms with E-state index in [1.165, 1.54) is 12.1 Å². The number of nitrogens with zero attached hydrogens (tertiary/aromatic N) is 2. The van der Waals surface area contributed by atoms with Gasteiger partial charge < -0.3 is 10.3 Å². The number of halogens is 1. The van der Waals surface area contributed by atoms with Crippen molar-refractivity contribution in [3.05, 3.63) is 29.8 Å². The van der Waals surface area contributed by atoms with E-state index >= 15 is 0 Å². The summed E-state index contributed by atoms with van der Waals surface area (Å²) in [5.74, 6) is 0.780. The van der Waals surface area contributed by atoms with E-state index in [0.29, 0.717) is 6.54 Å². The molecular formula is C13H18FN3. The second kappa shape index (κ2) is 5.27. The number of aryl methyl sites for hydroxylation is 2. The average molecular weight is 235 g/mol. The van der Waals surface area contributed by atoms with Crippen LogP contribution in [0.2, 0.25) is 0 Å². The largest absolute Gasteiger partial charge is 0.330 e. The first kappa shape index (κ1) is 12.0. The van der Waals surface area contributed by atoms with Gasteiger partial charge in [0.15, 0.2) is 0 Å². The van der Waals surface area contributed by atoms with Crippen LogP contribution in [0.3, 0.4) is 0 Å². The smallest absolute Gasteiger partial charge is 0.125 e. The molecule has 0 spiro atoms. The molecule has 1 aromatic heterocycles. The van der Waals surface area contributed by atoms with Gasteiger partial charge in [-0.3, -0.25) is 0 Å². The lowest BCUT2D eigenvalue weighted by Crippen LogP contribution is -2.07. The lowest BCUT2D eigenvalue weighted by atomic mass is 10.3. The Morgan fingerprint density at radius 2 is 2.24 bits per heavy atom. The van der Waals surface area contributed by atoms with Gasteiger partial charge >= 0.3 is 0 Å². The van der Waals surface area contributed by atoms with Crippen LogP contribution in [-0.4, -0.2) is 16.1 Å². The molecule has 1 heterocycles. The van der Waals surface area contributed by atoms with Crippen molar-refractivity contribution in [3.63, 3.8) is 0 Å². The van der Waals surface area contributed by atoms with Gasteiger partial charge in [0.1, 0.15) is 11.6 Å². The third-order valence-electron chi connectivity index (χ3n) is 2.84. The summed E-state index contributed by atoms with van der Waals surface area (Å²) in [5.41, 5.74) is 7.28. The SMILES string of the molecule is CCCn1c(CCCN)nc2cc(F)ccc21. The van der Waals surface area contributed by atoms with Gasteiger partial charge in [0.25, 0.3) is 0 Å². The summed E-state index contributed by atoms with van der Waals surface area (Å²) in [4.78, 5) is 4.50. The van der Waals surface area contributed by atoms with Crippen LogP contribution in [0, 0.1) is 5.82 Å². The number of hydrogen-bond acceptors (Lipinski definition) is 2. The summed E-state index contributed by atoms with van der Waals surface area (Å²) in [6.07, 6.45) is 2.81. The van der Waals surface area contributed by atoms with Crippen LogP contribution in [-0.2, 0) is 13.0 Å². The highest BCUT2D eigenvalue weighted by Gasteiger charge is 2.10. The maximum atomic E-state index is 13.1. The first-order chi connectivity index (χ1) is 8.26. The van der Waals surface area contributed by atoms with Crippen molar-refractivity contribution < 1.29 is 4.39 Å². The van der Waals surface area contributed by atoms with Crippen LogP contribution in [0.25, 0.3) is 11.0 Å². The molecule has 2 aromatic rings. The van der Waals surface area contributed by atoms with Crippen LogP contribution >= 0.6 is 0 Å². The van der Waals surface area contributed by atoms with E-state index in [1.54, 1.807) is 6.07 Å². The zero-order valence-corrected chi connectivity index (χ0v) is 10.1. The maximum Gasteiger partial charge on any atom is 0.125 e. The van der Waals surface area contributed by atoms with Gasteiger partial charge in [-0.2, -0.15) is 0 Å². The van der Waals surface area contributed by atoms with Crippen LogP contribution < -0.4 is 5.73 Å². The highest BCUT2D eigenvalue weighted by Crippen LogP contribution is 2.19. The topological polar surface area (TPSA) is 43.8 Å². The molecule has 2 rings (SSSR count). The number of rotatable bonds is 5. The van der Waals surface area contributed by atoms with Crippen molar-refractivity contribution in [2.75, 3.05) is 6.54 Å². The molecule has 0 bridgehead atoms. The van der Waals surface area contributed by atoms with Crippen LogP contribution in [0.4, 0.5) is 4.39 Å². The van der Waals surface area contributed by atoms with E-state index in [4.69, 9.17) is 5.73 Å². The molecule has 2 N–H and O–H groups in total. The number of nitrogens with two attached hydrogens (primary N) is 1. The molecule has 0 fully saturated rings. The van der Waals surface area contributed by atoms with E-state index in [0.717, 1.165) is 42.7 Å². The second-order valence-electron chi connectivity index (χ2n) is 4.20. The fraction of sp³-hybridized carbons (Fsp3) is 0.462. The first-order valence-electron chi connectivity index (χ1n) is 6.11. The van der Waals surface area contributed by atoms with Crippen molar-refractivity contribution in [2.45, 2.75) is 32.7 Å². The fourth-order valence-electron chi connectivity index (χ4n) is 2.08. The minimum Gasteiger partial charge on any atom is -0.330 e. The number of benzene rings is 1. The lowest BCUT2D eigenvalue weighted by molar-refractivity contribution is 0.628. The summed E-state index contributed by atoms with van der Waals surface area (Å²) in [5, 5.41) is 0. The predicted octanol–water partition coefficient (Wildman–Crippen LogP) is 2.48. The van der Waals surface area contributed by atoms with Crippen LogP contribution in [0.1, 0.15) is 25.6 Å². The quantitative estimate of drug-likeness (QED) is 0.865. The predicted molar refractivity (Wildman–Crippen MR) is 67.4 cm³/mol. The van der Waals surface area contributed by atoms with Gasteiger partial charge in [-0.15, -0.1) is 0 Å². The molecule has 0 unspecified atom stereocenters. The Balaban J connectivity index is 2.45. The average Bonchev–Trinajstić information content (AvgIpc) is 2.64. The molecule has 0 amide bonds. The highest BCUT2D eigenvalue weighted by molar-refractivity contribution is 5.76. The van der Waals surface area contributed by atoms with Crippen LogP contribution in [0.5, 0.6) is 0 Å². The highest BCUT2D eigenvalue weighted by atomic mass is 19.1. The molecule has 1 aromatic carbocycles. The molecule has 0 radical (unpaired) electrons. The first-order valence-corrected chi connectivity index (χ1v) is 6.11. The maximum absolute atomic E-state index is 13.1. The molecule has 17 heavy (non-hydrogen) atoms. The van der Waals surface area contributed by atoms with Crippen LogP contribution in [0.15, 0.2) is 18.2 Å². The summed E-state index contributed by atoms with van der Waals surface area (Å²) in [6.45, 7) is 3.70. The zero-order chi connectivity index (χ0) is 12.3. The summed E-state index contributed by atoms with van der Waals surface area (Å²) < 4.78 is 15.3. The number of fused-ring (bicyclic) bond motifs is 1. The Bertz CT molecular complexity index is 505. The Kier molecular flexibility index (Phi) is 3.74. The number of aromatic nitrogens is 2. The van der Waals surface area contributed by atoms with Crippen molar-refractivity contribution in [1.82, 2.24) is 9.55 Å². The summed E-state index contributed by atoms with van der Waals surface area (Å²) in [6, 6.07) is 4.79. The van der Waals surface area contributed by atoms with E-state index in [2.05, 4.69) is 16.5 Å². The number of hydrogen-bond donors (Lipinski definition) is 1. The van der Waals surface area contributed by atoms with Gasteiger partial charge in [0.2, 0.25) is 0 Å². The molecule has 92 valence electrons. The van der Waals surface area contributed by atoms with E-state index in [9.17, 15) is 4.39 Å². The third-order valence-corrected chi connectivity index (χ3v) is 2.84. The minimum absolute atomic E-state index is 0.232. The van der Waals surface area contributed by atoms with Crippen molar-refractivity contribution in [3.8, 4) is 0 Å². The van der Waals surface area contributed by atoms with Gasteiger partial charge in [-0.05, 0) is 31.5 Å². The molecule has 4 heteroatoms. The van der Waals surface area contributed by atoms with Crippen molar-refractivity contribution in [1.29, 1.82) is 0 Å². The molecule has 0 saturated carbocycles. The van der Waals surface area contributed by atoms with Gasteiger partial charge in [0.05, 0.1) is 11.0 Å². The minimum atomic E-state index is -0.232. The van der Waals surface area contributed by atoms with Gasteiger partial charge in [0, 0.05) is 19.0 Å². The molecule has 0 atom stereocenters. The third kappa shape index (κ3) is 2.47. The monoisotopic (exact) mass is 235 g/mol. The van der Waals surface area contributed by atoms with Gasteiger partial charge in [-0.1, -0.05) is 6.92 Å². The molecule has 0 aliphatic rings. The summed E-state index contributed by atoms with van der Waals surface area (Å²) >= 11 is 0. The molecule has 0 aliphatic heterocycles. The Labute approximate surface area is 100 Å². The zero-order valence-electron chi connectivity index (χ0n) is 10.1. The van der Waals surface area contributed by atoms with Crippen molar-refractivity contribution in [2.24, 2.45) is 5.73 Å². The second-order valence-corrected chi connectivity index (χ2v) is 4.20. The van der Waals surface area contributed by atoms with E-state index in [1.807, 2.05) is 0 Å². The van der Waals surface area contributed by atoms with E-state index in [-0.39, 0.29) is 5.82 Å². The Morgan fingerprint density at radius 3 is 2.94 bits per heavy atom. The van der Waals surface area contributed by atoms with E-state index < -0.39 is 0 Å². The van der Waals surface area contributed by atoms with Gasteiger partial charge in [-0.25, -0.2) is 9.37 Å². The molecular weight excluding hydrogens is 217 g/mol. The lowest BCUT2D eigenvalue weighted by Gasteiger charge is -2.06. The molecule has 0 aliphatic carbocycles. The fourth-order valence-corrected chi connectivity index (χ4v) is 2.08. The molecule has 3 nitrogen and oxygen atoms in total. The normalized spacial score (nSPS) is 11.2. The summed E-state index contributed by atoms with van der Waals surface area (Å²) in [7, 11) is 0. The molecule has 0 saturated heterocycles. The standard InChI is InChI=1S/C13H18FN3/c1-2-8-17-12-6-5-10(14)9-11(12)16-13(17)4-3-7-15/h5-6,9H,2-4,7-8,15H2,1H3. The Hall–Kier alpha value is -1.42. The Morgan fingerprint density at radius 1 is 1.41 bits per heavy atom.